The topological polar surface area (TPSA) is 54.5 Å². The maximum atomic E-state index is 12.7. The van der Waals surface area contributed by atoms with Gasteiger partial charge in [0.05, 0.1) is 4.90 Å². The van der Waals surface area contributed by atoms with Crippen molar-refractivity contribution in [2.24, 2.45) is 11.8 Å². The molecule has 1 aromatic rings. The van der Waals surface area contributed by atoms with Crippen molar-refractivity contribution in [3.63, 3.8) is 0 Å². The molecule has 0 aromatic heterocycles. The van der Waals surface area contributed by atoms with Crippen LogP contribution in [0, 0.1) is 11.8 Å². The second-order valence-corrected chi connectivity index (χ2v) is 7.79. The Balaban J connectivity index is 2.34. The molecule has 0 aliphatic carbocycles. The molecule has 1 fully saturated rings. The number of Topliss-reactive ketones (excluding diaryl/α,β-unsaturated/α-hetero) is 1. The maximum Gasteiger partial charge on any atom is 0.243 e. The third kappa shape index (κ3) is 3.10. The van der Waals surface area contributed by atoms with E-state index in [1.54, 1.807) is 22.5 Å². The summed E-state index contributed by atoms with van der Waals surface area (Å²) in [6, 6.07) is 6.30. The number of hydrogen-bond donors (Lipinski definition) is 0. The van der Waals surface area contributed by atoms with Crippen molar-refractivity contribution in [1.82, 2.24) is 4.31 Å². The largest absolute Gasteiger partial charge is 0.295 e. The molecule has 1 heterocycles. The Kier molecular flexibility index (Phi) is 4.30. The summed E-state index contributed by atoms with van der Waals surface area (Å²) in [5.74, 6) is 0.608. The lowest BCUT2D eigenvalue weighted by atomic mass is 9.94. The van der Waals surface area contributed by atoms with Crippen LogP contribution in [-0.4, -0.2) is 31.6 Å². The molecule has 1 aliphatic rings. The van der Waals surface area contributed by atoms with E-state index in [-0.39, 0.29) is 10.7 Å². The second kappa shape index (κ2) is 5.66. The number of benzene rings is 1. The molecule has 0 N–H and O–H groups in total. The van der Waals surface area contributed by atoms with Gasteiger partial charge in [0.2, 0.25) is 10.0 Å². The first-order valence-electron chi connectivity index (χ1n) is 6.92. The fourth-order valence-electron chi connectivity index (χ4n) is 2.83. The third-order valence-electron chi connectivity index (χ3n) is 3.71. The van der Waals surface area contributed by atoms with E-state index in [1.807, 2.05) is 0 Å². The molecule has 0 amide bonds. The summed E-state index contributed by atoms with van der Waals surface area (Å²) in [6.07, 6.45) is 1.06. The number of rotatable bonds is 3. The smallest absolute Gasteiger partial charge is 0.243 e. The first-order chi connectivity index (χ1) is 9.30. The van der Waals surface area contributed by atoms with Crippen LogP contribution < -0.4 is 0 Å². The van der Waals surface area contributed by atoms with Crippen LogP contribution in [0.5, 0.6) is 0 Å². The van der Waals surface area contributed by atoms with Gasteiger partial charge in [-0.25, -0.2) is 8.42 Å². The molecule has 20 heavy (non-hydrogen) atoms. The highest BCUT2D eigenvalue weighted by molar-refractivity contribution is 7.89. The molecule has 5 heteroatoms. The lowest BCUT2D eigenvalue weighted by molar-refractivity contribution is 0.101. The van der Waals surface area contributed by atoms with Crippen LogP contribution in [0.2, 0.25) is 0 Å². The normalized spacial score (nSPS) is 24.6. The Bertz CT molecular complexity index is 599. The standard InChI is InChI=1S/C15H21NO3S/c1-11-7-12(2)10-16(9-11)20(18,19)15-6-4-5-14(8-15)13(3)17/h4-6,8,11-12H,7,9-10H2,1-3H3/t11-,12-/m0/s1. The van der Waals surface area contributed by atoms with Gasteiger partial charge in [-0.05, 0) is 37.3 Å². The van der Waals surface area contributed by atoms with Crippen molar-refractivity contribution in [3.05, 3.63) is 29.8 Å². The lowest BCUT2D eigenvalue weighted by Crippen LogP contribution is -2.42. The lowest BCUT2D eigenvalue weighted by Gasteiger charge is -2.34. The highest BCUT2D eigenvalue weighted by atomic mass is 32.2. The number of nitrogens with zero attached hydrogens (tertiary/aromatic N) is 1. The molecule has 4 nitrogen and oxygen atoms in total. The van der Waals surface area contributed by atoms with Gasteiger partial charge < -0.3 is 0 Å². The number of ketones is 1. The predicted molar refractivity (Wildman–Crippen MR) is 78.2 cm³/mol. The molecule has 110 valence electrons. The van der Waals surface area contributed by atoms with Gasteiger partial charge in [0, 0.05) is 18.7 Å². The highest BCUT2D eigenvalue weighted by Gasteiger charge is 2.31. The van der Waals surface area contributed by atoms with E-state index in [2.05, 4.69) is 13.8 Å². The van der Waals surface area contributed by atoms with E-state index in [0.717, 1.165) is 6.42 Å². The van der Waals surface area contributed by atoms with Crippen LogP contribution in [0.25, 0.3) is 0 Å². The summed E-state index contributed by atoms with van der Waals surface area (Å²) < 4.78 is 26.9. The first kappa shape index (κ1) is 15.2. The maximum absolute atomic E-state index is 12.7. The molecule has 1 aliphatic heterocycles. The summed E-state index contributed by atoms with van der Waals surface area (Å²) in [6.45, 7) is 6.69. The van der Waals surface area contributed by atoms with Crippen LogP contribution in [0.15, 0.2) is 29.2 Å². The molecule has 0 bridgehead atoms. The Labute approximate surface area is 120 Å². The molecule has 0 radical (unpaired) electrons. The van der Waals surface area contributed by atoms with Crippen molar-refractivity contribution >= 4 is 15.8 Å². The molecule has 1 aromatic carbocycles. The van der Waals surface area contributed by atoms with Crippen molar-refractivity contribution in [1.29, 1.82) is 0 Å². The van der Waals surface area contributed by atoms with Gasteiger partial charge in [-0.1, -0.05) is 26.0 Å². The molecular formula is C15H21NO3S. The van der Waals surface area contributed by atoms with E-state index >= 15 is 0 Å². The van der Waals surface area contributed by atoms with E-state index < -0.39 is 10.0 Å². The van der Waals surface area contributed by atoms with E-state index in [1.165, 1.54) is 13.0 Å². The fourth-order valence-corrected chi connectivity index (χ4v) is 4.55. The molecule has 0 saturated carbocycles. The summed E-state index contributed by atoms with van der Waals surface area (Å²) >= 11 is 0. The average Bonchev–Trinajstić information content (AvgIpc) is 2.37. The van der Waals surface area contributed by atoms with Crippen LogP contribution in [0.1, 0.15) is 37.6 Å². The van der Waals surface area contributed by atoms with E-state index in [9.17, 15) is 13.2 Å². The van der Waals surface area contributed by atoms with Crippen LogP contribution in [0.3, 0.4) is 0 Å². The van der Waals surface area contributed by atoms with Crippen LogP contribution >= 0.6 is 0 Å². The van der Waals surface area contributed by atoms with Crippen LogP contribution in [-0.2, 0) is 10.0 Å². The number of piperidine rings is 1. The number of carbonyl (C=O) groups excluding carboxylic acids is 1. The zero-order chi connectivity index (χ0) is 14.9. The monoisotopic (exact) mass is 295 g/mol. The first-order valence-corrected chi connectivity index (χ1v) is 8.36. The average molecular weight is 295 g/mol. The zero-order valence-electron chi connectivity index (χ0n) is 12.2. The van der Waals surface area contributed by atoms with Gasteiger partial charge in [-0.2, -0.15) is 4.31 Å². The van der Waals surface area contributed by atoms with Crippen LogP contribution in [0.4, 0.5) is 0 Å². The Morgan fingerprint density at radius 1 is 1.20 bits per heavy atom. The molecule has 0 spiro atoms. The minimum atomic E-state index is -3.50. The van der Waals surface area contributed by atoms with E-state index in [0.29, 0.717) is 30.5 Å². The molecule has 2 atom stereocenters. The molecule has 0 unspecified atom stereocenters. The van der Waals surface area contributed by atoms with Crippen molar-refractivity contribution < 1.29 is 13.2 Å². The quantitative estimate of drug-likeness (QED) is 0.805. The van der Waals surface area contributed by atoms with Crippen molar-refractivity contribution in [2.75, 3.05) is 13.1 Å². The minimum absolute atomic E-state index is 0.123. The Morgan fingerprint density at radius 2 is 1.80 bits per heavy atom. The predicted octanol–water partition coefficient (Wildman–Crippen LogP) is 2.56. The van der Waals surface area contributed by atoms with E-state index in [4.69, 9.17) is 0 Å². The van der Waals surface area contributed by atoms with Crippen molar-refractivity contribution in [2.45, 2.75) is 32.1 Å². The second-order valence-electron chi connectivity index (χ2n) is 5.85. The van der Waals surface area contributed by atoms with Crippen molar-refractivity contribution in [3.8, 4) is 0 Å². The Hall–Kier alpha value is -1.20. The number of carbonyl (C=O) groups is 1. The summed E-state index contributed by atoms with van der Waals surface area (Å²) in [7, 11) is -3.50. The van der Waals surface area contributed by atoms with Gasteiger partial charge in [0.15, 0.2) is 5.78 Å². The Morgan fingerprint density at radius 3 is 2.35 bits per heavy atom. The molecule has 1 saturated heterocycles. The highest BCUT2D eigenvalue weighted by Crippen LogP contribution is 2.26. The zero-order valence-corrected chi connectivity index (χ0v) is 13.0. The number of hydrogen-bond acceptors (Lipinski definition) is 3. The summed E-state index contributed by atoms with van der Waals surface area (Å²) in [5, 5.41) is 0. The molecular weight excluding hydrogens is 274 g/mol. The SMILES string of the molecule is CC(=O)c1cccc(S(=O)(=O)N2C[C@@H](C)C[C@H](C)C2)c1. The van der Waals surface area contributed by atoms with Gasteiger partial charge >= 0.3 is 0 Å². The summed E-state index contributed by atoms with van der Waals surface area (Å²) in [4.78, 5) is 11.6. The van der Waals surface area contributed by atoms with Gasteiger partial charge in [-0.3, -0.25) is 4.79 Å². The fraction of sp³-hybridized carbons (Fsp3) is 0.533. The number of sulfonamides is 1. The molecule has 2 rings (SSSR count). The van der Waals surface area contributed by atoms with Gasteiger partial charge in [-0.15, -0.1) is 0 Å². The summed E-state index contributed by atoms with van der Waals surface area (Å²) in [5.41, 5.74) is 0.434. The third-order valence-corrected chi connectivity index (χ3v) is 5.54. The van der Waals surface area contributed by atoms with Gasteiger partial charge in [0.25, 0.3) is 0 Å². The minimum Gasteiger partial charge on any atom is -0.295 e. The van der Waals surface area contributed by atoms with Gasteiger partial charge in [0.1, 0.15) is 0 Å².